The highest BCUT2D eigenvalue weighted by atomic mass is 32.2. The van der Waals surface area contributed by atoms with Crippen molar-refractivity contribution in [2.45, 2.75) is 4.21 Å². The first-order chi connectivity index (χ1) is 10.6. The van der Waals surface area contributed by atoms with Gasteiger partial charge in [-0.1, -0.05) is 0 Å². The Labute approximate surface area is 137 Å². The van der Waals surface area contributed by atoms with Gasteiger partial charge in [-0.2, -0.15) is 0 Å². The standard InChI is InChI=1S/C14H11N2O3PS2/c1-21-13-7-9-14(22-13)11(4-5-15-9)19-10-3-2-8(16(17)18)6-12(10)20/h2-7H,20H2,1H3. The molecule has 0 amide bonds. The number of non-ortho nitro benzene ring substituents is 1. The van der Waals surface area contributed by atoms with Crippen LogP contribution >= 0.6 is 32.3 Å². The molecule has 1 atom stereocenters. The summed E-state index contributed by atoms with van der Waals surface area (Å²) in [7, 11) is 2.47. The lowest BCUT2D eigenvalue weighted by atomic mass is 10.3. The fourth-order valence-corrected chi connectivity index (χ4v) is 3.87. The SMILES string of the molecule is CSc1cc2nccc(Oc3ccc([N+](=O)[O-])cc3P)c2s1. The average molecular weight is 350 g/mol. The van der Waals surface area contributed by atoms with Gasteiger partial charge in [0.05, 0.1) is 19.3 Å². The second-order valence-electron chi connectivity index (χ2n) is 4.37. The number of nitro benzene ring substituents is 1. The van der Waals surface area contributed by atoms with Gasteiger partial charge in [-0.15, -0.1) is 32.3 Å². The fourth-order valence-electron chi connectivity index (χ4n) is 1.93. The minimum absolute atomic E-state index is 0.0398. The molecule has 0 N–H and O–H groups in total. The van der Waals surface area contributed by atoms with E-state index in [0.29, 0.717) is 16.8 Å². The highest BCUT2D eigenvalue weighted by Gasteiger charge is 2.13. The van der Waals surface area contributed by atoms with E-state index in [4.69, 9.17) is 4.74 Å². The molecule has 22 heavy (non-hydrogen) atoms. The Kier molecular flexibility index (Phi) is 4.29. The number of nitro groups is 1. The highest BCUT2D eigenvalue weighted by Crippen LogP contribution is 2.38. The minimum atomic E-state index is -0.425. The number of pyridine rings is 1. The van der Waals surface area contributed by atoms with E-state index in [2.05, 4.69) is 14.2 Å². The molecule has 3 aromatic rings. The quantitative estimate of drug-likeness (QED) is 0.305. The van der Waals surface area contributed by atoms with Gasteiger partial charge in [0.2, 0.25) is 0 Å². The van der Waals surface area contributed by atoms with Crippen molar-refractivity contribution in [2.24, 2.45) is 0 Å². The Bertz CT molecular complexity index is 866. The first-order valence-corrected chi connectivity index (χ1v) is 8.84. The van der Waals surface area contributed by atoms with Crippen LogP contribution in [0.1, 0.15) is 0 Å². The van der Waals surface area contributed by atoms with Gasteiger partial charge >= 0.3 is 0 Å². The van der Waals surface area contributed by atoms with E-state index in [1.807, 2.05) is 12.3 Å². The zero-order valence-electron chi connectivity index (χ0n) is 11.5. The third-order valence-electron chi connectivity index (χ3n) is 2.98. The number of nitrogens with zero attached hydrogens (tertiary/aromatic N) is 2. The van der Waals surface area contributed by atoms with Crippen molar-refractivity contribution in [3.63, 3.8) is 0 Å². The van der Waals surface area contributed by atoms with Crippen LogP contribution in [0.3, 0.4) is 0 Å². The summed E-state index contributed by atoms with van der Waals surface area (Å²) in [5.74, 6) is 1.27. The largest absolute Gasteiger partial charge is 0.455 e. The first-order valence-electron chi connectivity index (χ1n) is 6.23. The molecule has 0 saturated heterocycles. The third kappa shape index (κ3) is 2.92. The smallest absolute Gasteiger partial charge is 0.270 e. The maximum absolute atomic E-state index is 10.8. The Hall–Kier alpha value is -1.69. The van der Waals surface area contributed by atoms with Crippen molar-refractivity contribution >= 4 is 53.5 Å². The number of fused-ring (bicyclic) bond motifs is 1. The van der Waals surface area contributed by atoms with Crippen molar-refractivity contribution < 1.29 is 9.66 Å². The van der Waals surface area contributed by atoms with E-state index < -0.39 is 4.92 Å². The van der Waals surface area contributed by atoms with Gasteiger partial charge in [-0.05, 0) is 18.4 Å². The molecule has 0 aliphatic rings. The molecule has 0 aliphatic heterocycles. The second kappa shape index (κ2) is 6.20. The number of ether oxygens (including phenoxy) is 1. The number of thiophene rings is 1. The van der Waals surface area contributed by atoms with Crippen molar-refractivity contribution in [1.29, 1.82) is 0 Å². The molecule has 0 aliphatic carbocycles. The topological polar surface area (TPSA) is 65.3 Å². The lowest BCUT2D eigenvalue weighted by molar-refractivity contribution is -0.384. The molecule has 1 unspecified atom stereocenters. The third-order valence-corrected chi connectivity index (χ3v) is 5.63. The lowest BCUT2D eigenvalue weighted by Crippen LogP contribution is -2.00. The summed E-state index contributed by atoms with van der Waals surface area (Å²) in [5.41, 5.74) is 0.928. The van der Waals surface area contributed by atoms with Crippen molar-refractivity contribution in [3.05, 3.63) is 46.6 Å². The van der Waals surface area contributed by atoms with Crippen LogP contribution in [0.4, 0.5) is 5.69 Å². The Morgan fingerprint density at radius 3 is 2.82 bits per heavy atom. The van der Waals surface area contributed by atoms with Crippen molar-refractivity contribution in [3.8, 4) is 11.5 Å². The molecule has 0 bridgehead atoms. The Morgan fingerprint density at radius 2 is 2.14 bits per heavy atom. The van der Waals surface area contributed by atoms with Crippen LogP contribution in [0.15, 0.2) is 40.7 Å². The Balaban J connectivity index is 1.99. The number of thioether (sulfide) groups is 1. The number of hydrogen-bond acceptors (Lipinski definition) is 6. The molecule has 2 aromatic heterocycles. The van der Waals surface area contributed by atoms with E-state index in [-0.39, 0.29) is 5.69 Å². The Morgan fingerprint density at radius 1 is 1.32 bits per heavy atom. The molecule has 5 nitrogen and oxygen atoms in total. The molecule has 3 rings (SSSR count). The minimum Gasteiger partial charge on any atom is -0.455 e. The van der Waals surface area contributed by atoms with Crippen LogP contribution in [-0.2, 0) is 0 Å². The molecule has 0 saturated carbocycles. The molecule has 0 spiro atoms. The molecule has 8 heteroatoms. The molecular formula is C14H11N2O3PS2. The van der Waals surface area contributed by atoms with Gasteiger partial charge in [-0.3, -0.25) is 15.1 Å². The van der Waals surface area contributed by atoms with E-state index in [0.717, 1.165) is 14.4 Å². The summed E-state index contributed by atoms with van der Waals surface area (Å²) in [6.45, 7) is 0. The molecular weight excluding hydrogens is 339 g/mol. The van der Waals surface area contributed by atoms with Crippen molar-refractivity contribution in [2.75, 3.05) is 6.26 Å². The van der Waals surface area contributed by atoms with Gasteiger partial charge in [0.25, 0.3) is 5.69 Å². The summed E-state index contributed by atoms with van der Waals surface area (Å²) in [4.78, 5) is 14.7. The van der Waals surface area contributed by atoms with Crippen molar-refractivity contribution in [1.82, 2.24) is 4.98 Å². The number of rotatable bonds is 4. The fraction of sp³-hybridized carbons (Fsp3) is 0.0714. The summed E-state index contributed by atoms with van der Waals surface area (Å²) >= 11 is 3.28. The number of benzene rings is 1. The summed E-state index contributed by atoms with van der Waals surface area (Å²) in [5, 5.41) is 11.4. The zero-order chi connectivity index (χ0) is 15.7. The average Bonchev–Trinajstić information content (AvgIpc) is 2.93. The molecule has 2 heterocycles. The normalized spacial score (nSPS) is 10.8. The molecule has 0 fully saturated rings. The van der Waals surface area contributed by atoms with E-state index in [1.54, 1.807) is 41.4 Å². The van der Waals surface area contributed by atoms with E-state index in [1.165, 1.54) is 12.1 Å². The van der Waals surface area contributed by atoms with Gasteiger partial charge < -0.3 is 4.74 Å². The van der Waals surface area contributed by atoms with Crippen LogP contribution in [0.5, 0.6) is 11.5 Å². The van der Waals surface area contributed by atoms with Gasteiger partial charge in [0, 0.05) is 29.7 Å². The zero-order valence-corrected chi connectivity index (χ0v) is 14.3. The second-order valence-corrected chi connectivity index (χ2v) is 7.16. The van der Waals surface area contributed by atoms with E-state index >= 15 is 0 Å². The van der Waals surface area contributed by atoms with E-state index in [9.17, 15) is 10.1 Å². The van der Waals surface area contributed by atoms with Gasteiger partial charge in [0.15, 0.2) is 0 Å². The highest BCUT2D eigenvalue weighted by molar-refractivity contribution is 8.00. The summed E-state index contributed by atoms with van der Waals surface area (Å²) in [6, 6.07) is 8.34. The lowest BCUT2D eigenvalue weighted by Gasteiger charge is -2.08. The predicted molar refractivity (Wildman–Crippen MR) is 93.9 cm³/mol. The van der Waals surface area contributed by atoms with Crippen LogP contribution < -0.4 is 10.0 Å². The molecule has 1 aromatic carbocycles. The van der Waals surface area contributed by atoms with Crippen LogP contribution in [0.25, 0.3) is 10.2 Å². The van der Waals surface area contributed by atoms with Gasteiger partial charge in [0.1, 0.15) is 11.5 Å². The predicted octanol–water partition coefficient (Wildman–Crippen LogP) is 4.22. The number of aromatic nitrogens is 1. The summed E-state index contributed by atoms with van der Waals surface area (Å²) < 4.78 is 8.06. The number of hydrogen-bond donors (Lipinski definition) is 0. The van der Waals surface area contributed by atoms with Crippen LogP contribution in [0, 0.1) is 10.1 Å². The summed E-state index contributed by atoms with van der Waals surface area (Å²) in [6.07, 6.45) is 3.71. The van der Waals surface area contributed by atoms with Gasteiger partial charge in [-0.25, -0.2) is 0 Å². The molecule has 112 valence electrons. The maximum atomic E-state index is 10.8. The first kappa shape index (κ1) is 15.2. The monoisotopic (exact) mass is 350 g/mol. The van der Waals surface area contributed by atoms with Crippen LogP contribution in [-0.4, -0.2) is 16.2 Å². The van der Waals surface area contributed by atoms with Crippen LogP contribution in [0.2, 0.25) is 0 Å². The molecule has 0 radical (unpaired) electrons. The maximum Gasteiger partial charge on any atom is 0.270 e.